The summed E-state index contributed by atoms with van der Waals surface area (Å²) in [5.41, 5.74) is 0.161. The number of amides is 1. The average molecular weight is 323 g/mol. The smallest absolute Gasteiger partial charge is 0.384 e. The van der Waals surface area contributed by atoms with Crippen LogP contribution >= 0.6 is 0 Å². The van der Waals surface area contributed by atoms with Crippen LogP contribution in [0.4, 0.5) is 24.5 Å². The van der Waals surface area contributed by atoms with Gasteiger partial charge >= 0.3 is 6.18 Å². The Kier molecular flexibility index (Phi) is 5.20. The lowest BCUT2D eigenvalue weighted by Crippen LogP contribution is -2.14. The van der Waals surface area contributed by atoms with Crippen LogP contribution in [0.3, 0.4) is 0 Å². The van der Waals surface area contributed by atoms with Gasteiger partial charge in [0.05, 0.1) is 17.4 Å². The molecular weight excluding hydrogens is 307 g/mol. The Morgan fingerprint density at radius 3 is 2.57 bits per heavy atom. The standard InChI is InChI=1S/C16H16F3N3O/c1-2-8-20-13-6-7-14(21-10-13)15(23)22-12-5-3-4-11(9-12)16(17,18)19/h3-7,9-10,20H,2,8H2,1H3,(H,22,23). The number of alkyl halides is 3. The third kappa shape index (κ3) is 4.70. The molecule has 1 aromatic heterocycles. The predicted octanol–water partition coefficient (Wildman–Crippen LogP) is 4.17. The molecule has 0 aliphatic rings. The molecule has 0 aliphatic heterocycles. The molecule has 0 saturated carbocycles. The van der Waals surface area contributed by atoms with Gasteiger partial charge in [-0.05, 0) is 36.8 Å². The molecule has 0 unspecified atom stereocenters. The number of aromatic nitrogens is 1. The van der Waals surface area contributed by atoms with Gasteiger partial charge in [0.2, 0.25) is 0 Å². The van der Waals surface area contributed by atoms with E-state index in [0.29, 0.717) is 0 Å². The number of benzene rings is 1. The largest absolute Gasteiger partial charge is 0.416 e. The highest BCUT2D eigenvalue weighted by Gasteiger charge is 2.30. The number of hydrogen-bond donors (Lipinski definition) is 2. The molecule has 0 fully saturated rings. The number of pyridine rings is 1. The Balaban J connectivity index is 2.07. The van der Waals surface area contributed by atoms with E-state index in [9.17, 15) is 18.0 Å². The molecule has 1 aromatic carbocycles. The van der Waals surface area contributed by atoms with E-state index in [0.717, 1.165) is 30.8 Å². The van der Waals surface area contributed by atoms with E-state index in [1.807, 2.05) is 6.92 Å². The summed E-state index contributed by atoms with van der Waals surface area (Å²) >= 11 is 0. The maximum Gasteiger partial charge on any atom is 0.416 e. The van der Waals surface area contributed by atoms with Gasteiger partial charge in [0.1, 0.15) is 5.69 Å². The van der Waals surface area contributed by atoms with Gasteiger partial charge in [0, 0.05) is 12.2 Å². The monoisotopic (exact) mass is 323 g/mol. The van der Waals surface area contributed by atoms with Crippen LogP contribution in [0.1, 0.15) is 29.4 Å². The van der Waals surface area contributed by atoms with Crippen molar-refractivity contribution in [2.24, 2.45) is 0 Å². The van der Waals surface area contributed by atoms with E-state index < -0.39 is 17.6 Å². The van der Waals surface area contributed by atoms with Crippen molar-refractivity contribution in [3.8, 4) is 0 Å². The Labute approximate surface area is 131 Å². The Morgan fingerprint density at radius 1 is 1.17 bits per heavy atom. The van der Waals surface area contributed by atoms with Gasteiger partial charge in [-0.15, -0.1) is 0 Å². The number of anilines is 2. The minimum Gasteiger partial charge on any atom is -0.384 e. The van der Waals surface area contributed by atoms with Gasteiger partial charge in [0.15, 0.2) is 0 Å². The number of rotatable bonds is 5. The van der Waals surface area contributed by atoms with Crippen LogP contribution in [-0.4, -0.2) is 17.4 Å². The number of hydrogen-bond acceptors (Lipinski definition) is 3. The third-order valence-corrected chi connectivity index (χ3v) is 3.02. The third-order valence-electron chi connectivity index (χ3n) is 3.02. The summed E-state index contributed by atoms with van der Waals surface area (Å²) in [6.07, 6.45) is -1.99. The molecule has 2 rings (SSSR count). The summed E-state index contributed by atoms with van der Waals surface area (Å²) in [7, 11) is 0. The summed E-state index contributed by atoms with van der Waals surface area (Å²) in [4.78, 5) is 16.0. The molecule has 1 amide bonds. The summed E-state index contributed by atoms with van der Waals surface area (Å²) in [5.74, 6) is -0.564. The highest BCUT2D eigenvalue weighted by atomic mass is 19.4. The second kappa shape index (κ2) is 7.13. The van der Waals surface area contributed by atoms with Crippen LogP contribution in [0.25, 0.3) is 0 Å². The van der Waals surface area contributed by atoms with Crippen LogP contribution in [0.15, 0.2) is 42.6 Å². The zero-order valence-electron chi connectivity index (χ0n) is 12.4. The van der Waals surface area contributed by atoms with Crippen molar-refractivity contribution in [1.29, 1.82) is 0 Å². The van der Waals surface area contributed by atoms with Crippen molar-refractivity contribution in [3.05, 3.63) is 53.9 Å². The normalized spacial score (nSPS) is 11.1. The van der Waals surface area contributed by atoms with Crippen molar-refractivity contribution in [1.82, 2.24) is 4.98 Å². The molecule has 0 radical (unpaired) electrons. The van der Waals surface area contributed by atoms with E-state index in [1.165, 1.54) is 24.4 Å². The van der Waals surface area contributed by atoms with E-state index in [4.69, 9.17) is 0 Å². The van der Waals surface area contributed by atoms with Gasteiger partial charge < -0.3 is 10.6 Å². The van der Waals surface area contributed by atoms with E-state index in [-0.39, 0.29) is 11.4 Å². The van der Waals surface area contributed by atoms with Gasteiger partial charge in [0.25, 0.3) is 5.91 Å². The number of halogens is 3. The number of nitrogens with one attached hydrogen (secondary N) is 2. The van der Waals surface area contributed by atoms with E-state index in [1.54, 1.807) is 6.07 Å². The van der Waals surface area contributed by atoms with Gasteiger partial charge in [-0.1, -0.05) is 13.0 Å². The molecule has 0 atom stereocenters. The van der Waals surface area contributed by atoms with Crippen molar-refractivity contribution < 1.29 is 18.0 Å². The first-order valence-electron chi connectivity index (χ1n) is 7.08. The first-order chi connectivity index (χ1) is 10.9. The van der Waals surface area contributed by atoms with Crippen LogP contribution in [0.5, 0.6) is 0 Å². The van der Waals surface area contributed by atoms with Crippen molar-refractivity contribution >= 4 is 17.3 Å². The number of carbonyl (C=O) groups excluding carboxylic acids is 1. The molecular formula is C16H16F3N3O. The average Bonchev–Trinajstić information content (AvgIpc) is 2.53. The van der Waals surface area contributed by atoms with Crippen LogP contribution < -0.4 is 10.6 Å². The molecule has 2 aromatic rings. The van der Waals surface area contributed by atoms with Crippen molar-refractivity contribution in [2.45, 2.75) is 19.5 Å². The minimum absolute atomic E-state index is 0.0693. The lowest BCUT2D eigenvalue weighted by molar-refractivity contribution is -0.137. The first-order valence-corrected chi connectivity index (χ1v) is 7.08. The maximum atomic E-state index is 12.6. The highest BCUT2D eigenvalue weighted by Crippen LogP contribution is 2.30. The zero-order chi connectivity index (χ0) is 16.9. The van der Waals surface area contributed by atoms with E-state index in [2.05, 4.69) is 15.6 Å². The molecule has 0 bridgehead atoms. The van der Waals surface area contributed by atoms with Crippen LogP contribution in [0, 0.1) is 0 Å². The Hall–Kier alpha value is -2.57. The molecule has 122 valence electrons. The van der Waals surface area contributed by atoms with Crippen molar-refractivity contribution in [3.63, 3.8) is 0 Å². The fourth-order valence-electron chi connectivity index (χ4n) is 1.87. The second-order valence-electron chi connectivity index (χ2n) is 4.89. The maximum absolute atomic E-state index is 12.6. The molecule has 4 nitrogen and oxygen atoms in total. The van der Waals surface area contributed by atoms with Crippen molar-refractivity contribution in [2.75, 3.05) is 17.2 Å². The van der Waals surface area contributed by atoms with Crippen LogP contribution in [-0.2, 0) is 6.18 Å². The van der Waals surface area contributed by atoms with Crippen LogP contribution in [0.2, 0.25) is 0 Å². The Bertz CT molecular complexity index is 669. The lowest BCUT2D eigenvalue weighted by Gasteiger charge is -2.10. The molecule has 0 saturated heterocycles. The van der Waals surface area contributed by atoms with Gasteiger partial charge in [-0.25, -0.2) is 4.98 Å². The predicted molar refractivity (Wildman–Crippen MR) is 82.4 cm³/mol. The first kappa shape index (κ1) is 16.8. The molecule has 2 N–H and O–H groups in total. The highest BCUT2D eigenvalue weighted by molar-refractivity contribution is 6.03. The zero-order valence-corrected chi connectivity index (χ0v) is 12.4. The molecule has 1 heterocycles. The molecule has 0 aliphatic carbocycles. The summed E-state index contributed by atoms with van der Waals surface area (Å²) in [6, 6.07) is 7.68. The lowest BCUT2D eigenvalue weighted by atomic mass is 10.2. The fraction of sp³-hybridized carbons (Fsp3) is 0.250. The fourth-order valence-corrected chi connectivity index (χ4v) is 1.87. The summed E-state index contributed by atoms with van der Waals surface area (Å²) in [6.45, 7) is 2.81. The SMILES string of the molecule is CCCNc1ccc(C(=O)Nc2cccc(C(F)(F)F)c2)nc1. The molecule has 0 spiro atoms. The summed E-state index contributed by atoms with van der Waals surface area (Å²) < 4.78 is 37.9. The number of nitrogens with zero attached hydrogens (tertiary/aromatic N) is 1. The van der Waals surface area contributed by atoms with Gasteiger partial charge in [-0.2, -0.15) is 13.2 Å². The summed E-state index contributed by atoms with van der Waals surface area (Å²) in [5, 5.41) is 5.53. The topological polar surface area (TPSA) is 54.0 Å². The minimum atomic E-state index is -4.45. The van der Waals surface area contributed by atoms with Gasteiger partial charge in [-0.3, -0.25) is 4.79 Å². The second-order valence-corrected chi connectivity index (χ2v) is 4.89. The molecule has 23 heavy (non-hydrogen) atoms. The molecule has 7 heteroatoms. The van der Waals surface area contributed by atoms with E-state index >= 15 is 0 Å². The number of carbonyl (C=O) groups is 1. The quantitative estimate of drug-likeness (QED) is 0.868. The Morgan fingerprint density at radius 2 is 1.96 bits per heavy atom.